The Morgan fingerprint density at radius 2 is 1.69 bits per heavy atom. The maximum absolute atomic E-state index is 13.0. The quantitative estimate of drug-likeness (QED) is 0.319. The van der Waals surface area contributed by atoms with Gasteiger partial charge in [-0.15, -0.1) is 0 Å². The van der Waals surface area contributed by atoms with E-state index in [0.717, 1.165) is 24.3 Å². The molecule has 0 fully saturated rings. The third kappa shape index (κ3) is 4.68. The fourth-order valence-corrected chi connectivity index (χ4v) is 3.77. The highest BCUT2D eigenvalue weighted by atomic mass is 32.2. The molecule has 3 aromatic rings. The van der Waals surface area contributed by atoms with Gasteiger partial charge in [0, 0.05) is 5.56 Å². The Labute approximate surface area is 183 Å². The summed E-state index contributed by atoms with van der Waals surface area (Å²) in [5.41, 5.74) is 1.27. The van der Waals surface area contributed by atoms with Crippen molar-refractivity contribution in [3.05, 3.63) is 95.4 Å². The summed E-state index contributed by atoms with van der Waals surface area (Å²) in [5, 5.41) is 0. The highest BCUT2D eigenvalue weighted by molar-refractivity contribution is 7.87. The summed E-state index contributed by atoms with van der Waals surface area (Å²) < 4.78 is 53.1. The minimum Gasteiger partial charge on any atom is -0.497 e. The number of nitrogens with zero attached hydrogens (tertiary/aromatic N) is 1. The van der Waals surface area contributed by atoms with Gasteiger partial charge in [-0.1, -0.05) is 18.2 Å². The minimum absolute atomic E-state index is 0.0612. The van der Waals surface area contributed by atoms with Gasteiger partial charge in [0.25, 0.3) is 0 Å². The van der Waals surface area contributed by atoms with Gasteiger partial charge in [0.2, 0.25) is 5.90 Å². The van der Waals surface area contributed by atoms with Crippen LogP contribution in [0.5, 0.6) is 11.5 Å². The van der Waals surface area contributed by atoms with E-state index in [0.29, 0.717) is 16.9 Å². The van der Waals surface area contributed by atoms with Crippen LogP contribution in [-0.4, -0.2) is 27.4 Å². The number of carbonyl (C=O) groups excluding carboxylic acids is 1. The van der Waals surface area contributed by atoms with Gasteiger partial charge in [-0.3, -0.25) is 0 Å². The van der Waals surface area contributed by atoms with E-state index in [1.807, 2.05) is 0 Å². The van der Waals surface area contributed by atoms with Gasteiger partial charge in [-0.2, -0.15) is 8.42 Å². The van der Waals surface area contributed by atoms with Crippen LogP contribution in [0.1, 0.15) is 11.1 Å². The smallest absolute Gasteiger partial charge is 0.363 e. The number of carbonyl (C=O) groups is 1. The number of aliphatic imine (C=N–C) groups is 1. The van der Waals surface area contributed by atoms with Gasteiger partial charge in [0.15, 0.2) is 5.70 Å². The van der Waals surface area contributed by atoms with Gasteiger partial charge < -0.3 is 13.7 Å². The fraction of sp³-hybridized carbons (Fsp3) is 0.0435. The monoisotopic (exact) mass is 453 g/mol. The second-order valence-corrected chi connectivity index (χ2v) is 8.17. The second-order valence-electron chi connectivity index (χ2n) is 6.63. The molecule has 4 rings (SSSR count). The number of halogens is 1. The van der Waals surface area contributed by atoms with E-state index in [4.69, 9.17) is 13.7 Å². The number of ether oxygens (including phenoxy) is 2. The Morgan fingerprint density at radius 1 is 0.969 bits per heavy atom. The van der Waals surface area contributed by atoms with E-state index in [9.17, 15) is 17.6 Å². The van der Waals surface area contributed by atoms with Gasteiger partial charge >= 0.3 is 16.1 Å². The van der Waals surface area contributed by atoms with Crippen LogP contribution in [0.3, 0.4) is 0 Å². The first-order valence-electron chi connectivity index (χ1n) is 9.31. The zero-order valence-corrected chi connectivity index (χ0v) is 17.5. The summed E-state index contributed by atoms with van der Waals surface area (Å²) in [7, 11) is -2.57. The zero-order valence-electron chi connectivity index (χ0n) is 16.7. The van der Waals surface area contributed by atoms with Crippen molar-refractivity contribution in [1.29, 1.82) is 0 Å². The third-order valence-electron chi connectivity index (χ3n) is 4.43. The number of esters is 1. The van der Waals surface area contributed by atoms with E-state index in [2.05, 4.69) is 4.99 Å². The van der Waals surface area contributed by atoms with Crippen molar-refractivity contribution in [2.45, 2.75) is 4.90 Å². The summed E-state index contributed by atoms with van der Waals surface area (Å²) in [6.07, 6.45) is 1.51. The molecule has 1 aliphatic rings. The fourth-order valence-electron chi connectivity index (χ4n) is 2.84. The van der Waals surface area contributed by atoms with Crippen molar-refractivity contribution in [2.24, 2.45) is 4.99 Å². The Hall–Kier alpha value is -3.98. The number of hydrogen-bond acceptors (Lipinski definition) is 7. The SMILES string of the molecule is COc1cccc(C2=N/C(=C\c3ccc(OS(=O)(=O)c4ccc(F)cc4)cc3)C(=O)O2)c1. The number of rotatable bonds is 6. The van der Waals surface area contributed by atoms with Crippen LogP contribution in [0.2, 0.25) is 0 Å². The molecule has 3 aromatic carbocycles. The molecule has 0 aromatic heterocycles. The van der Waals surface area contributed by atoms with Crippen molar-refractivity contribution in [3.8, 4) is 11.5 Å². The molecule has 0 unspecified atom stereocenters. The van der Waals surface area contributed by atoms with E-state index in [1.54, 1.807) is 36.4 Å². The van der Waals surface area contributed by atoms with Crippen LogP contribution in [0.15, 0.2) is 88.4 Å². The van der Waals surface area contributed by atoms with E-state index >= 15 is 0 Å². The van der Waals surface area contributed by atoms with Crippen LogP contribution >= 0.6 is 0 Å². The third-order valence-corrected chi connectivity index (χ3v) is 5.69. The molecule has 32 heavy (non-hydrogen) atoms. The molecule has 0 amide bonds. The summed E-state index contributed by atoms with van der Waals surface area (Å²) in [4.78, 5) is 16.2. The molecule has 0 radical (unpaired) electrons. The standard InChI is InChI=1S/C23H16FNO6S/c1-29-19-4-2-3-16(14-19)22-25-21(23(26)30-22)13-15-5-9-18(10-6-15)31-32(27,28)20-11-7-17(24)8-12-20/h2-14H,1H3/b21-13-. The van der Waals surface area contributed by atoms with E-state index < -0.39 is 21.9 Å². The lowest BCUT2D eigenvalue weighted by atomic mass is 10.2. The largest absolute Gasteiger partial charge is 0.497 e. The number of methoxy groups -OCH3 is 1. The summed E-state index contributed by atoms with van der Waals surface area (Å²) in [6.45, 7) is 0. The number of hydrogen-bond donors (Lipinski definition) is 0. The summed E-state index contributed by atoms with van der Waals surface area (Å²) >= 11 is 0. The molecule has 9 heteroatoms. The average molecular weight is 453 g/mol. The first-order valence-corrected chi connectivity index (χ1v) is 10.7. The molecular weight excluding hydrogens is 437 g/mol. The molecule has 0 saturated heterocycles. The first kappa shape index (κ1) is 21.3. The lowest BCUT2D eigenvalue weighted by Gasteiger charge is -2.07. The predicted octanol–water partition coefficient (Wildman–Crippen LogP) is 3.95. The summed E-state index contributed by atoms with van der Waals surface area (Å²) in [6, 6.07) is 17.3. The number of cyclic esters (lactones) is 1. The van der Waals surface area contributed by atoms with E-state index in [1.165, 1.54) is 25.3 Å². The topological polar surface area (TPSA) is 91.3 Å². The first-order chi connectivity index (χ1) is 15.3. The minimum atomic E-state index is -4.11. The molecule has 0 aliphatic carbocycles. The lowest BCUT2D eigenvalue weighted by Crippen LogP contribution is -2.09. The highest BCUT2D eigenvalue weighted by Crippen LogP contribution is 2.24. The van der Waals surface area contributed by atoms with Gasteiger partial charge in [-0.25, -0.2) is 14.2 Å². The molecule has 7 nitrogen and oxygen atoms in total. The maximum atomic E-state index is 13.0. The van der Waals surface area contributed by atoms with Crippen molar-refractivity contribution < 1.29 is 31.3 Å². The van der Waals surface area contributed by atoms with Crippen molar-refractivity contribution in [1.82, 2.24) is 0 Å². The van der Waals surface area contributed by atoms with E-state index in [-0.39, 0.29) is 22.2 Å². The molecule has 1 heterocycles. The normalized spacial score (nSPS) is 14.8. The number of benzene rings is 3. The van der Waals surface area contributed by atoms with Crippen molar-refractivity contribution in [3.63, 3.8) is 0 Å². The maximum Gasteiger partial charge on any atom is 0.363 e. The van der Waals surface area contributed by atoms with Gasteiger partial charge in [0.05, 0.1) is 7.11 Å². The van der Waals surface area contributed by atoms with Crippen molar-refractivity contribution >= 4 is 28.1 Å². The van der Waals surface area contributed by atoms with Gasteiger partial charge in [-0.05, 0) is 66.2 Å². The predicted molar refractivity (Wildman–Crippen MR) is 114 cm³/mol. The molecule has 0 saturated carbocycles. The molecule has 0 spiro atoms. The van der Waals surface area contributed by atoms with Crippen LogP contribution in [0, 0.1) is 5.82 Å². The summed E-state index contributed by atoms with van der Waals surface area (Å²) in [5.74, 6) is -0.340. The Bertz CT molecular complexity index is 1330. The van der Waals surface area contributed by atoms with Crippen LogP contribution in [0.4, 0.5) is 4.39 Å². The van der Waals surface area contributed by atoms with Crippen LogP contribution in [-0.2, 0) is 19.6 Å². The van der Waals surface area contributed by atoms with Crippen LogP contribution < -0.4 is 8.92 Å². The molecular formula is C23H16FNO6S. The van der Waals surface area contributed by atoms with Crippen LogP contribution in [0.25, 0.3) is 6.08 Å². The molecule has 162 valence electrons. The average Bonchev–Trinajstić information content (AvgIpc) is 3.15. The van der Waals surface area contributed by atoms with Crippen molar-refractivity contribution in [2.75, 3.05) is 7.11 Å². The Balaban J connectivity index is 1.52. The molecule has 0 atom stereocenters. The lowest BCUT2D eigenvalue weighted by molar-refractivity contribution is -0.129. The Morgan fingerprint density at radius 3 is 2.38 bits per heavy atom. The molecule has 0 bridgehead atoms. The highest BCUT2D eigenvalue weighted by Gasteiger charge is 2.24. The Kier molecular flexibility index (Phi) is 5.74. The second kappa shape index (κ2) is 8.64. The molecule has 0 N–H and O–H groups in total. The zero-order chi connectivity index (χ0) is 22.7. The molecule has 1 aliphatic heterocycles. The van der Waals surface area contributed by atoms with Gasteiger partial charge in [0.1, 0.15) is 22.2 Å².